The Morgan fingerprint density at radius 3 is 2.50 bits per heavy atom. The van der Waals surface area contributed by atoms with Gasteiger partial charge in [-0.15, -0.1) is 10.2 Å². The second-order valence-corrected chi connectivity index (χ2v) is 7.18. The highest BCUT2D eigenvalue weighted by molar-refractivity contribution is 7.15. The Labute approximate surface area is 158 Å². The molecule has 0 atom stereocenters. The Hall–Kier alpha value is -2.28. The normalized spacial score (nSPS) is 10.5. The fourth-order valence-electron chi connectivity index (χ4n) is 2.48. The monoisotopic (exact) mass is 374 g/mol. The van der Waals surface area contributed by atoms with E-state index in [2.05, 4.69) is 27.8 Å². The second kappa shape index (κ2) is 11.4. The molecule has 0 aliphatic heterocycles. The van der Waals surface area contributed by atoms with E-state index in [1.54, 1.807) is 24.3 Å². The van der Waals surface area contributed by atoms with Crippen molar-refractivity contribution in [1.82, 2.24) is 15.5 Å². The molecule has 2 amide bonds. The lowest BCUT2D eigenvalue weighted by molar-refractivity contribution is -0.115. The van der Waals surface area contributed by atoms with Crippen molar-refractivity contribution in [3.05, 3.63) is 40.9 Å². The fourth-order valence-corrected chi connectivity index (χ4v) is 3.28. The van der Waals surface area contributed by atoms with E-state index in [4.69, 9.17) is 0 Å². The number of hydrogen-bond acceptors (Lipinski definition) is 5. The molecule has 2 aromatic rings. The Morgan fingerprint density at radius 2 is 1.73 bits per heavy atom. The van der Waals surface area contributed by atoms with E-state index in [9.17, 15) is 9.59 Å². The Bertz CT molecular complexity index is 688. The topological polar surface area (TPSA) is 84.0 Å². The smallest absolute Gasteiger partial charge is 0.251 e. The number of aryl methyl sites for hydroxylation is 1. The summed E-state index contributed by atoms with van der Waals surface area (Å²) < 4.78 is 0. The van der Waals surface area contributed by atoms with Crippen LogP contribution >= 0.6 is 11.3 Å². The summed E-state index contributed by atoms with van der Waals surface area (Å²) in [4.78, 5) is 23.8. The lowest BCUT2D eigenvalue weighted by atomic mass is 10.1. The Balaban J connectivity index is 1.66. The molecule has 0 aliphatic rings. The first-order valence-electron chi connectivity index (χ1n) is 9.14. The van der Waals surface area contributed by atoms with Gasteiger partial charge in [0.1, 0.15) is 5.01 Å². The van der Waals surface area contributed by atoms with Crippen LogP contribution in [0.15, 0.2) is 30.3 Å². The summed E-state index contributed by atoms with van der Waals surface area (Å²) >= 11 is 1.39. The van der Waals surface area contributed by atoms with E-state index in [0.29, 0.717) is 10.7 Å². The molecule has 0 aliphatic carbocycles. The summed E-state index contributed by atoms with van der Waals surface area (Å²) in [6.07, 6.45) is 8.30. The van der Waals surface area contributed by atoms with Gasteiger partial charge in [0.15, 0.2) is 0 Å². The first kappa shape index (κ1) is 20.0. The molecule has 1 aromatic carbocycles. The van der Waals surface area contributed by atoms with E-state index >= 15 is 0 Å². The van der Waals surface area contributed by atoms with Gasteiger partial charge in [-0.05, 0) is 18.6 Å². The number of nitrogens with zero attached hydrogens (tertiary/aromatic N) is 2. The molecule has 0 fully saturated rings. The molecule has 0 radical (unpaired) electrons. The third-order valence-electron chi connectivity index (χ3n) is 3.90. The molecule has 1 heterocycles. The van der Waals surface area contributed by atoms with E-state index in [-0.39, 0.29) is 18.4 Å². The van der Waals surface area contributed by atoms with Crippen molar-refractivity contribution >= 4 is 28.3 Å². The van der Waals surface area contributed by atoms with Crippen LogP contribution in [0.1, 0.15) is 60.8 Å². The summed E-state index contributed by atoms with van der Waals surface area (Å²) in [5, 5.41) is 14.8. The number of carbonyl (C=O) groups is 2. The van der Waals surface area contributed by atoms with Crippen LogP contribution < -0.4 is 10.6 Å². The highest BCUT2D eigenvalue weighted by atomic mass is 32.1. The van der Waals surface area contributed by atoms with Gasteiger partial charge in [0.25, 0.3) is 5.91 Å². The molecule has 0 bridgehead atoms. The summed E-state index contributed by atoms with van der Waals surface area (Å²) in [6.45, 7) is 2.12. The van der Waals surface area contributed by atoms with E-state index < -0.39 is 0 Å². The number of aromatic nitrogens is 2. The zero-order valence-corrected chi connectivity index (χ0v) is 16.0. The molecule has 6 nitrogen and oxygen atoms in total. The van der Waals surface area contributed by atoms with Crippen LogP contribution in [0, 0.1) is 0 Å². The fraction of sp³-hybridized carbons (Fsp3) is 0.474. The molecule has 1 aromatic heterocycles. The Morgan fingerprint density at radius 1 is 1.00 bits per heavy atom. The van der Waals surface area contributed by atoms with Crippen molar-refractivity contribution in [2.45, 2.75) is 51.9 Å². The molecular weight excluding hydrogens is 348 g/mol. The number of carbonyl (C=O) groups excluding carboxylic acids is 2. The minimum absolute atomic E-state index is 0.0972. The van der Waals surface area contributed by atoms with Crippen LogP contribution in [0.3, 0.4) is 0 Å². The van der Waals surface area contributed by atoms with E-state index in [1.165, 1.54) is 43.4 Å². The quantitative estimate of drug-likeness (QED) is 0.586. The van der Waals surface area contributed by atoms with Crippen LogP contribution in [-0.4, -0.2) is 28.6 Å². The standard InChI is InChI=1S/C19H26N4O2S/c1-2-3-4-5-6-10-13-17-22-23-19(26-17)21-16(24)14-20-18(25)15-11-8-7-9-12-15/h7-9,11-12H,2-6,10,13-14H2,1H3,(H,20,25)(H,21,23,24). The van der Waals surface area contributed by atoms with Crippen LogP contribution in [0.5, 0.6) is 0 Å². The highest BCUT2D eigenvalue weighted by Crippen LogP contribution is 2.17. The summed E-state index contributed by atoms with van der Waals surface area (Å²) in [7, 11) is 0. The van der Waals surface area contributed by atoms with E-state index in [0.717, 1.165) is 17.8 Å². The SMILES string of the molecule is CCCCCCCCc1nnc(NC(=O)CNC(=O)c2ccccc2)s1. The predicted molar refractivity (Wildman–Crippen MR) is 104 cm³/mol. The van der Waals surface area contributed by atoms with Crippen molar-refractivity contribution < 1.29 is 9.59 Å². The molecular formula is C19H26N4O2S. The maximum absolute atomic E-state index is 11.9. The number of amides is 2. The minimum atomic E-state index is -0.309. The molecule has 26 heavy (non-hydrogen) atoms. The number of rotatable bonds is 11. The summed E-state index contributed by atoms with van der Waals surface area (Å²) in [5.74, 6) is -0.585. The maximum atomic E-state index is 11.9. The van der Waals surface area contributed by atoms with Gasteiger partial charge >= 0.3 is 0 Å². The van der Waals surface area contributed by atoms with Crippen LogP contribution in [-0.2, 0) is 11.2 Å². The van der Waals surface area contributed by atoms with Crippen molar-refractivity contribution in [2.75, 3.05) is 11.9 Å². The largest absolute Gasteiger partial charge is 0.343 e. The van der Waals surface area contributed by atoms with Gasteiger partial charge < -0.3 is 5.32 Å². The zero-order valence-electron chi connectivity index (χ0n) is 15.2. The summed E-state index contributed by atoms with van der Waals surface area (Å²) in [5.41, 5.74) is 0.525. The summed E-state index contributed by atoms with van der Waals surface area (Å²) in [6, 6.07) is 8.80. The minimum Gasteiger partial charge on any atom is -0.343 e. The van der Waals surface area contributed by atoms with Gasteiger partial charge in [0, 0.05) is 12.0 Å². The molecule has 0 unspecified atom stereocenters. The van der Waals surface area contributed by atoms with Crippen molar-refractivity contribution in [3.63, 3.8) is 0 Å². The Kier molecular flexibility index (Phi) is 8.75. The number of nitrogens with one attached hydrogen (secondary N) is 2. The highest BCUT2D eigenvalue weighted by Gasteiger charge is 2.10. The van der Waals surface area contributed by atoms with Crippen LogP contribution in [0.2, 0.25) is 0 Å². The zero-order chi connectivity index (χ0) is 18.6. The molecule has 140 valence electrons. The average Bonchev–Trinajstić information content (AvgIpc) is 3.10. The predicted octanol–water partition coefficient (Wildman–Crippen LogP) is 3.81. The van der Waals surface area contributed by atoms with Gasteiger partial charge in [0.2, 0.25) is 11.0 Å². The van der Waals surface area contributed by atoms with Crippen molar-refractivity contribution in [2.24, 2.45) is 0 Å². The molecule has 0 spiro atoms. The van der Waals surface area contributed by atoms with Crippen LogP contribution in [0.25, 0.3) is 0 Å². The third-order valence-corrected chi connectivity index (χ3v) is 4.80. The molecule has 0 saturated carbocycles. The van der Waals surface area contributed by atoms with Gasteiger partial charge in [-0.2, -0.15) is 0 Å². The second-order valence-electron chi connectivity index (χ2n) is 6.12. The number of hydrogen-bond donors (Lipinski definition) is 2. The first-order chi connectivity index (χ1) is 12.7. The lowest BCUT2D eigenvalue weighted by Gasteiger charge is -2.04. The van der Waals surface area contributed by atoms with Gasteiger partial charge in [-0.3, -0.25) is 14.9 Å². The third kappa shape index (κ3) is 7.31. The van der Waals surface area contributed by atoms with Gasteiger partial charge in [-0.25, -0.2) is 0 Å². The molecule has 0 saturated heterocycles. The molecule has 2 N–H and O–H groups in total. The van der Waals surface area contributed by atoms with Crippen molar-refractivity contribution in [3.8, 4) is 0 Å². The van der Waals surface area contributed by atoms with Gasteiger partial charge in [-0.1, -0.05) is 68.6 Å². The maximum Gasteiger partial charge on any atom is 0.251 e. The van der Waals surface area contributed by atoms with Gasteiger partial charge in [0.05, 0.1) is 6.54 Å². The first-order valence-corrected chi connectivity index (χ1v) is 9.96. The van der Waals surface area contributed by atoms with Crippen LogP contribution in [0.4, 0.5) is 5.13 Å². The van der Waals surface area contributed by atoms with Crippen molar-refractivity contribution in [1.29, 1.82) is 0 Å². The molecule has 2 rings (SSSR count). The lowest BCUT2D eigenvalue weighted by Crippen LogP contribution is -2.32. The number of anilines is 1. The van der Waals surface area contributed by atoms with E-state index in [1.807, 2.05) is 6.07 Å². The molecule has 7 heteroatoms. The number of benzene rings is 1. The number of unbranched alkanes of at least 4 members (excludes halogenated alkanes) is 5. The average molecular weight is 375 g/mol.